The van der Waals surface area contributed by atoms with Gasteiger partial charge in [-0.05, 0) is 62.6 Å². The molecule has 0 saturated heterocycles. The Labute approximate surface area is 214 Å². The first-order chi connectivity index (χ1) is 17.4. The number of hydrogen-bond acceptors (Lipinski definition) is 5. The number of hydrogen-bond donors (Lipinski definition) is 2. The first-order valence-electron chi connectivity index (χ1n) is 11.9. The molecule has 2 fully saturated rings. The van der Waals surface area contributed by atoms with Crippen LogP contribution in [0.2, 0.25) is 5.02 Å². The summed E-state index contributed by atoms with van der Waals surface area (Å²) in [7, 11) is 1.70. The molecular weight excluding hydrogens is 516 g/mol. The lowest BCUT2D eigenvalue weighted by Crippen LogP contribution is -2.25. The lowest BCUT2D eigenvalue weighted by Gasteiger charge is -2.21. The fraction of sp³-hybridized carbons (Fsp3) is 0.500. The van der Waals surface area contributed by atoms with Gasteiger partial charge < -0.3 is 15.0 Å². The highest BCUT2D eigenvalue weighted by Crippen LogP contribution is 2.56. The van der Waals surface area contributed by atoms with Crippen molar-refractivity contribution in [2.24, 2.45) is 18.9 Å². The van der Waals surface area contributed by atoms with E-state index in [0.29, 0.717) is 29.9 Å². The molecule has 0 spiro atoms. The quantitative estimate of drug-likeness (QED) is 0.449. The molecule has 2 unspecified atom stereocenters. The van der Waals surface area contributed by atoms with Gasteiger partial charge in [0.2, 0.25) is 5.82 Å². The third kappa shape index (κ3) is 4.61. The molecule has 2 N–H and O–H groups in total. The number of carbonyl (C=O) groups excluding carboxylic acids is 1. The lowest BCUT2D eigenvalue weighted by molar-refractivity contribution is -0.147. The minimum absolute atomic E-state index is 0.0124. The molecule has 0 aliphatic heterocycles. The maximum atomic E-state index is 13.5. The standard InChI is InChI=1S/C24H25ClF4N6O2/c1-3-35-22(24(27,28)29)32-21(33-35)23(37)9-13-6-12(7-14(13)10-23)18-19(34(2)11-30-18)20(36)31-15-4-5-17(26)16(25)8-15/h4-5,8,11-14,37H,3,6-7,9-10H2,1-2H3,(H,31,36). The molecule has 1 aromatic carbocycles. The first-order valence-corrected chi connectivity index (χ1v) is 12.3. The molecule has 0 radical (unpaired) electrons. The van der Waals surface area contributed by atoms with Gasteiger partial charge in [0.1, 0.15) is 17.1 Å². The number of aromatic nitrogens is 5. The predicted molar refractivity (Wildman–Crippen MR) is 125 cm³/mol. The molecule has 5 rings (SSSR count). The summed E-state index contributed by atoms with van der Waals surface area (Å²) in [6.07, 6.45) is -1.40. The predicted octanol–water partition coefficient (Wildman–Crippen LogP) is 4.89. The van der Waals surface area contributed by atoms with Crippen molar-refractivity contribution in [1.82, 2.24) is 24.3 Å². The normalized spacial score (nSPS) is 25.5. The molecule has 3 aromatic rings. The van der Waals surface area contributed by atoms with Crippen molar-refractivity contribution in [3.05, 3.63) is 58.4 Å². The van der Waals surface area contributed by atoms with Gasteiger partial charge in [0.15, 0.2) is 5.82 Å². The Morgan fingerprint density at radius 3 is 2.51 bits per heavy atom. The van der Waals surface area contributed by atoms with Crippen molar-refractivity contribution in [3.63, 3.8) is 0 Å². The van der Waals surface area contributed by atoms with Crippen LogP contribution in [0.3, 0.4) is 0 Å². The summed E-state index contributed by atoms with van der Waals surface area (Å²) in [5, 5.41) is 17.8. The monoisotopic (exact) mass is 540 g/mol. The van der Waals surface area contributed by atoms with E-state index in [1.807, 2.05) is 0 Å². The average Bonchev–Trinajstić information content (AvgIpc) is 3.56. The SMILES string of the molecule is CCn1nc(C2(O)CC3CC(c4ncn(C)c4C(=O)Nc4ccc(F)c(Cl)c4)CC3C2)nc1C(F)(F)F. The third-order valence-electron chi connectivity index (χ3n) is 7.43. The second kappa shape index (κ2) is 9.09. The second-order valence-electron chi connectivity index (χ2n) is 9.87. The van der Waals surface area contributed by atoms with Crippen LogP contribution in [0.4, 0.5) is 23.2 Å². The molecule has 2 aliphatic carbocycles. The minimum Gasteiger partial charge on any atom is -0.382 e. The zero-order valence-electron chi connectivity index (χ0n) is 20.1. The molecule has 37 heavy (non-hydrogen) atoms. The first kappa shape index (κ1) is 25.7. The van der Waals surface area contributed by atoms with Crippen molar-refractivity contribution in [1.29, 1.82) is 0 Å². The summed E-state index contributed by atoms with van der Waals surface area (Å²) < 4.78 is 55.9. The molecule has 13 heteroatoms. The molecule has 2 atom stereocenters. The molecule has 8 nitrogen and oxygen atoms in total. The Kier molecular flexibility index (Phi) is 6.30. The summed E-state index contributed by atoms with van der Waals surface area (Å²) in [6.45, 7) is 1.53. The number of aryl methyl sites for hydroxylation is 2. The van der Waals surface area contributed by atoms with Crippen molar-refractivity contribution in [2.45, 2.75) is 56.8 Å². The van der Waals surface area contributed by atoms with Crippen LogP contribution in [0.25, 0.3) is 0 Å². The maximum Gasteiger partial charge on any atom is 0.451 e. The van der Waals surface area contributed by atoms with Crippen LogP contribution < -0.4 is 5.32 Å². The van der Waals surface area contributed by atoms with E-state index in [0.717, 1.165) is 10.7 Å². The van der Waals surface area contributed by atoms with Crippen LogP contribution in [-0.2, 0) is 25.4 Å². The van der Waals surface area contributed by atoms with E-state index in [2.05, 4.69) is 20.4 Å². The van der Waals surface area contributed by atoms with E-state index < -0.39 is 29.3 Å². The van der Waals surface area contributed by atoms with E-state index in [1.54, 1.807) is 17.9 Å². The zero-order valence-corrected chi connectivity index (χ0v) is 20.8. The van der Waals surface area contributed by atoms with E-state index in [1.165, 1.54) is 19.1 Å². The van der Waals surface area contributed by atoms with Gasteiger partial charge >= 0.3 is 6.18 Å². The molecule has 0 bridgehead atoms. The van der Waals surface area contributed by atoms with Gasteiger partial charge in [-0.1, -0.05) is 11.6 Å². The Hall–Kier alpha value is -2.99. The molecule has 2 aromatic heterocycles. The number of carbonyl (C=O) groups is 1. The molecule has 2 saturated carbocycles. The van der Waals surface area contributed by atoms with Crippen LogP contribution in [0.1, 0.15) is 66.4 Å². The topological polar surface area (TPSA) is 97.9 Å². The third-order valence-corrected chi connectivity index (χ3v) is 7.72. The van der Waals surface area contributed by atoms with Crippen LogP contribution in [0.15, 0.2) is 24.5 Å². The Morgan fingerprint density at radius 1 is 1.27 bits per heavy atom. The number of nitrogens with zero attached hydrogens (tertiary/aromatic N) is 5. The molecule has 2 aliphatic rings. The number of alkyl halides is 3. The number of rotatable bonds is 5. The number of benzene rings is 1. The van der Waals surface area contributed by atoms with Crippen molar-refractivity contribution >= 4 is 23.2 Å². The van der Waals surface area contributed by atoms with Gasteiger partial charge in [-0.15, -0.1) is 0 Å². The van der Waals surface area contributed by atoms with Crippen molar-refractivity contribution in [2.75, 3.05) is 5.32 Å². The van der Waals surface area contributed by atoms with Crippen molar-refractivity contribution in [3.8, 4) is 0 Å². The molecule has 198 valence electrons. The smallest absolute Gasteiger partial charge is 0.382 e. The Balaban J connectivity index is 1.32. The molecule has 1 amide bonds. The summed E-state index contributed by atoms with van der Waals surface area (Å²) in [4.78, 5) is 21.2. The number of nitrogens with one attached hydrogen (secondary N) is 1. The van der Waals surface area contributed by atoms with E-state index in [4.69, 9.17) is 11.6 Å². The highest BCUT2D eigenvalue weighted by molar-refractivity contribution is 6.31. The van der Waals surface area contributed by atoms with Gasteiger partial charge in [-0.25, -0.2) is 19.0 Å². The van der Waals surface area contributed by atoms with Gasteiger partial charge in [0.05, 0.1) is 17.0 Å². The fourth-order valence-electron chi connectivity index (χ4n) is 5.83. The van der Waals surface area contributed by atoms with Gasteiger partial charge in [0.25, 0.3) is 5.91 Å². The number of fused-ring (bicyclic) bond motifs is 1. The van der Waals surface area contributed by atoms with E-state index >= 15 is 0 Å². The molecular formula is C24H25ClF4N6O2. The van der Waals surface area contributed by atoms with Crippen LogP contribution in [0, 0.1) is 17.7 Å². The summed E-state index contributed by atoms with van der Waals surface area (Å²) in [5.74, 6) is -2.34. The van der Waals surface area contributed by atoms with Crippen LogP contribution in [0.5, 0.6) is 0 Å². The number of aliphatic hydroxyl groups is 1. The number of halogens is 5. The number of imidazole rings is 1. The molecule has 2 heterocycles. The minimum atomic E-state index is -4.66. The van der Waals surface area contributed by atoms with Crippen LogP contribution >= 0.6 is 11.6 Å². The van der Waals surface area contributed by atoms with Gasteiger partial charge in [-0.2, -0.15) is 18.3 Å². The van der Waals surface area contributed by atoms with Gasteiger partial charge in [-0.3, -0.25) is 4.79 Å². The number of anilines is 1. The summed E-state index contributed by atoms with van der Waals surface area (Å²) in [6, 6.07) is 3.90. The number of amides is 1. The highest BCUT2D eigenvalue weighted by Gasteiger charge is 2.53. The van der Waals surface area contributed by atoms with Gasteiger partial charge in [0, 0.05) is 25.2 Å². The second-order valence-corrected chi connectivity index (χ2v) is 10.3. The highest BCUT2D eigenvalue weighted by atomic mass is 35.5. The van der Waals surface area contributed by atoms with Crippen molar-refractivity contribution < 1.29 is 27.5 Å². The maximum absolute atomic E-state index is 13.5. The summed E-state index contributed by atoms with van der Waals surface area (Å²) >= 11 is 5.82. The van der Waals surface area contributed by atoms with E-state index in [9.17, 15) is 27.5 Å². The summed E-state index contributed by atoms with van der Waals surface area (Å²) in [5.41, 5.74) is -0.223. The largest absolute Gasteiger partial charge is 0.451 e. The zero-order chi connectivity index (χ0) is 26.7. The average molecular weight is 541 g/mol. The Bertz CT molecular complexity index is 1340. The fourth-order valence-corrected chi connectivity index (χ4v) is 6.01. The Morgan fingerprint density at radius 2 is 1.95 bits per heavy atom. The van der Waals surface area contributed by atoms with Crippen LogP contribution in [-0.4, -0.2) is 35.3 Å². The lowest BCUT2D eigenvalue weighted by atomic mass is 9.92. The van der Waals surface area contributed by atoms with E-state index in [-0.39, 0.29) is 48.0 Å².